The third-order valence-corrected chi connectivity index (χ3v) is 5.17. The summed E-state index contributed by atoms with van der Waals surface area (Å²) in [5.74, 6) is 1.04. The van der Waals surface area contributed by atoms with Crippen molar-refractivity contribution in [3.8, 4) is 0 Å². The molecule has 0 N–H and O–H groups in total. The van der Waals surface area contributed by atoms with Crippen molar-refractivity contribution < 1.29 is 0 Å². The summed E-state index contributed by atoms with van der Waals surface area (Å²) in [5.41, 5.74) is 0.447. The largest absolute Gasteiger partial charge is 0.301 e. The Hall–Kier alpha value is 0.270. The van der Waals surface area contributed by atoms with Crippen LogP contribution in [-0.2, 0) is 0 Å². The molecule has 0 bridgehead atoms. The molecule has 0 aromatic heterocycles. The predicted molar refractivity (Wildman–Crippen MR) is 84.6 cm³/mol. The van der Waals surface area contributed by atoms with Gasteiger partial charge in [-0.25, -0.2) is 0 Å². The Morgan fingerprint density at radius 3 is 2.22 bits per heavy atom. The van der Waals surface area contributed by atoms with Crippen molar-refractivity contribution in [2.45, 2.75) is 52.5 Å². The molecule has 3 heteroatoms. The Kier molecular flexibility index (Phi) is 7.04. The highest BCUT2D eigenvalue weighted by atomic mass is 32.1. The minimum absolute atomic E-state index is 0.447. The van der Waals surface area contributed by atoms with Crippen LogP contribution in [0.2, 0.25) is 0 Å². The molecule has 2 nitrogen and oxygen atoms in total. The van der Waals surface area contributed by atoms with Crippen molar-refractivity contribution in [3.63, 3.8) is 0 Å². The van der Waals surface area contributed by atoms with Crippen LogP contribution in [0.3, 0.4) is 0 Å². The maximum absolute atomic E-state index is 4.67. The topological polar surface area (TPSA) is 6.48 Å². The van der Waals surface area contributed by atoms with Crippen molar-refractivity contribution >= 4 is 12.6 Å². The molecular formula is C15H32N2S. The van der Waals surface area contributed by atoms with Gasteiger partial charge in [0.15, 0.2) is 0 Å². The summed E-state index contributed by atoms with van der Waals surface area (Å²) in [7, 11) is 2.24. The van der Waals surface area contributed by atoms with Gasteiger partial charge in [-0.15, -0.1) is 0 Å². The van der Waals surface area contributed by atoms with Crippen LogP contribution in [-0.4, -0.2) is 54.8 Å². The molecule has 1 aliphatic rings. The number of hydrogen-bond acceptors (Lipinski definition) is 3. The Morgan fingerprint density at radius 2 is 1.78 bits per heavy atom. The third-order valence-electron chi connectivity index (χ3n) is 4.50. The van der Waals surface area contributed by atoms with Crippen LogP contribution < -0.4 is 0 Å². The van der Waals surface area contributed by atoms with Crippen molar-refractivity contribution in [2.75, 3.05) is 39.0 Å². The van der Waals surface area contributed by atoms with Gasteiger partial charge >= 0.3 is 0 Å². The molecule has 1 fully saturated rings. The number of hydrogen-bond donors (Lipinski definition) is 1. The molecule has 0 saturated carbocycles. The van der Waals surface area contributed by atoms with Crippen LogP contribution in [0.15, 0.2) is 0 Å². The lowest BCUT2D eigenvalue weighted by molar-refractivity contribution is 0.0646. The molecule has 0 amide bonds. The Balaban J connectivity index is 2.59. The van der Waals surface area contributed by atoms with Gasteiger partial charge in [-0.2, -0.15) is 12.6 Å². The number of thiol groups is 1. The Bertz CT molecular complexity index is 227. The first-order valence-electron chi connectivity index (χ1n) is 7.60. The van der Waals surface area contributed by atoms with E-state index in [1.807, 2.05) is 0 Å². The molecule has 1 aliphatic heterocycles. The monoisotopic (exact) mass is 272 g/mol. The van der Waals surface area contributed by atoms with E-state index in [9.17, 15) is 0 Å². The molecule has 1 saturated heterocycles. The second-order valence-corrected chi connectivity index (χ2v) is 6.54. The first-order chi connectivity index (χ1) is 8.56. The van der Waals surface area contributed by atoms with Crippen LogP contribution in [0.4, 0.5) is 0 Å². The fourth-order valence-corrected chi connectivity index (χ4v) is 3.71. The second-order valence-electron chi connectivity index (χ2n) is 6.22. The number of rotatable bonds is 7. The highest BCUT2D eigenvalue weighted by Gasteiger charge is 2.31. The molecule has 0 aromatic rings. The zero-order valence-corrected chi connectivity index (χ0v) is 13.7. The smallest absolute Gasteiger partial charge is 0.0192 e. The summed E-state index contributed by atoms with van der Waals surface area (Å²) in [5, 5.41) is 0. The van der Waals surface area contributed by atoms with E-state index in [0.717, 1.165) is 5.75 Å². The minimum atomic E-state index is 0.447. The van der Waals surface area contributed by atoms with Crippen LogP contribution in [0.25, 0.3) is 0 Å². The molecule has 0 radical (unpaired) electrons. The molecule has 108 valence electrons. The Morgan fingerprint density at radius 1 is 1.17 bits per heavy atom. The fourth-order valence-electron chi connectivity index (χ4n) is 3.29. The number of nitrogens with zero attached hydrogens (tertiary/aromatic N) is 2. The van der Waals surface area contributed by atoms with Gasteiger partial charge in [0.25, 0.3) is 0 Å². The van der Waals surface area contributed by atoms with Gasteiger partial charge < -0.3 is 4.90 Å². The molecule has 1 atom stereocenters. The van der Waals surface area contributed by atoms with Crippen LogP contribution in [0.5, 0.6) is 0 Å². The summed E-state index contributed by atoms with van der Waals surface area (Å²) in [6, 6.07) is 0.694. The van der Waals surface area contributed by atoms with Crippen molar-refractivity contribution in [1.82, 2.24) is 9.80 Å². The van der Waals surface area contributed by atoms with E-state index in [4.69, 9.17) is 0 Å². The molecule has 1 unspecified atom stereocenters. The maximum Gasteiger partial charge on any atom is 0.0192 e. The van der Waals surface area contributed by atoms with Gasteiger partial charge in [0.05, 0.1) is 0 Å². The van der Waals surface area contributed by atoms with Gasteiger partial charge in [0.2, 0.25) is 0 Å². The van der Waals surface area contributed by atoms with Crippen LogP contribution in [0, 0.1) is 5.41 Å². The third kappa shape index (κ3) is 4.43. The standard InChI is InChI=1S/C15H32N2S/c1-5-7-15(13-18,8-6-2)12-17-10-9-16(4)14(3)11-17/h14,18H,5-13H2,1-4H3. The van der Waals surface area contributed by atoms with Crippen molar-refractivity contribution in [3.05, 3.63) is 0 Å². The summed E-state index contributed by atoms with van der Waals surface area (Å²) < 4.78 is 0. The highest BCUT2D eigenvalue weighted by molar-refractivity contribution is 7.80. The number of piperazine rings is 1. The van der Waals surface area contributed by atoms with Crippen molar-refractivity contribution in [1.29, 1.82) is 0 Å². The number of likely N-dealkylation sites (N-methyl/N-ethyl adjacent to an activating group) is 1. The molecule has 18 heavy (non-hydrogen) atoms. The summed E-state index contributed by atoms with van der Waals surface area (Å²) in [6.45, 7) is 11.9. The second kappa shape index (κ2) is 7.76. The van der Waals surface area contributed by atoms with Gasteiger partial charge in [0, 0.05) is 32.2 Å². The summed E-state index contributed by atoms with van der Waals surface area (Å²) >= 11 is 4.67. The van der Waals surface area contributed by atoms with Gasteiger partial charge in [-0.1, -0.05) is 26.7 Å². The van der Waals surface area contributed by atoms with Gasteiger partial charge in [-0.05, 0) is 38.0 Å². The normalized spacial score (nSPS) is 23.5. The van der Waals surface area contributed by atoms with Gasteiger partial charge in [0.1, 0.15) is 0 Å². The lowest BCUT2D eigenvalue weighted by Crippen LogP contribution is -2.53. The lowest BCUT2D eigenvalue weighted by Gasteiger charge is -2.43. The van der Waals surface area contributed by atoms with E-state index in [0.29, 0.717) is 11.5 Å². The van der Waals surface area contributed by atoms with E-state index in [1.54, 1.807) is 0 Å². The van der Waals surface area contributed by atoms with Gasteiger partial charge in [-0.3, -0.25) is 4.90 Å². The van der Waals surface area contributed by atoms with Crippen LogP contribution >= 0.6 is 12.6 Å². The zero-order valence-electron chi connectivity index (χ0n) is 12.8. The quantitative estimate of drug-likeness (QED) is 0.711. The lowest BCUT2D eigenvalue weighted by atomic mass is 9.80. The van der Waals surface area contributed by atoms with Crippen molar-refractivity contribution in [2.24, 2.45) is 5.41 Å². The van der Waals surface area contributed by atoms with E-state index in [-0.39, 0.29) is 0 Å². The predicted octanol–water partition coefficient (Wildman–Crippen LogP) is 3.14. The van der Waals surface area contributed by atoms with E-state index < -0.39 is 0 Å². The molecule has 1 heterocycles. The summed E-state index contributed by atoms with van der Waals surface area (Å²) in [6.07, 6.45) is 5.21. The summed E-state index contributed by atoms with van der Waals surface area (Å²) in [4.78, 5) is 5.14. The Labute approximate surface area is 120 Å². The fraction of sp³-hybridized carbons (Fsp3) is 1.00. The average Bonchev–Trinajstić information content (AvgIpc) is 2.34. The maximum atomic E-state index is 4.67. The first kappa shape index (κ1) is 16.3. The average molecular weight is 273 g/mol. The molecule has 0 spiro atoms. The molecular weight excluding hydrogens is 240 g/mol. The minimum Gasteiger partial charge on any atom is -0.301 e. The highest BCUT2D eigenvalue weighted by Crippen LogP contribution is 2.33. The SMILES string of the molecule is CCCC(CS)(CCC)CN1CCN(C)C(C)C1. The molecule has 0 aromatic carbocycles. The van der Waals surface area contributed by atoms with E-state index in [2.05, 4.69) is 50.2 Å². The van der Waals surface area contributed by atoms with E-state index in [1.165, 1.54) is 51.9 Å². The first-order valence-corrected chi connectivity index (χ1v) is 8.23. The van der Waals surface area contributed by atoms with Crippen LogP contribution in [0.1, 0.15) is 46.5 Å². The van der Waals surface area contributed by atoms with E-state index >= 15 is 0 Å². The zero-order chi connectivity index (χ0) is 13.6. The molecule has 1 rings (SSSR count). The molecule has 0 aliphatic carbocycles.